The summed E-state index contributed by atoms with van der Waals surface area (Å²) in [5.41, 5.74) is 0.499. The minimum absolute atomic E-state index is 0.152. The molecule has 1 aliphatic rings. The summed E-state index contributed by atoms with van der Waals surface area (Å²) >= 11 is 0. The lowest BCUT2D eigenvalue weighted by molar-refractivity contribution is 0.0693. The highest BCUT2D eigenvalue weighted by Gasteiger charge is 2.26. The average Bonchev–Trinajstić information content (AvgIpc) is 2.88. The predicted molar refractivity (Wildman–Crippen MR) is 76.9 cm³/mol. The van der Waals surface area contributed by atoms with Crippen molar-refractivity contribution in [2.45, 2.75) is 26.2 Å². The number of nitriles is 1. The lowest BCUT2D eigenvalue weighted by Gasteiger charge is -2.17. The van der Waals surface area contributed by atoms with Crippen molar-refractivity contribution in [1.82, 2.24) is 4.98 Å². The van der Waals surface area contributed by atoms with Crippen molar-refractivity contribution in [3.63, 3.8) is 0 Å². The van der Waals surface area contributed by atoms with Gasteiger partial charge in [0.25, 0.3) is 0 Å². The Morgan fingerprint density at radius 1 is 1.62 bits per heavy atom. The topological polar surface area (TPSA) is 97.5 Å². The van der Waals surface area contributed by atoms with E-state index in [0.29, 0.717) is 17.9 Å². The van der Waals surface area contributed by atoms with Crippen LogP contribution in [-0.2, 0) is 0 Å². The van der Waals surface area contributed by atoms with E-state index in [9.17, 15) is 15.2 Å². The number of carbonyl (C=O) groups is 1. The predicted octanol–water partition coefficient (Wildman–Crippen LogP) is 2.52. The molecule has 0 amide bonds. The fraction of sp³-hybridized carbons (Fsp3) is 0.400. The number of aromatic nitrogens is 1. The molecule has 2 N–H and O–H groups in total. The molecular formula is C15H17N3O3. The molecule has 21 heavy (non-hydrogen) atoms. The molecule has 0 saturated heterocycles. The SMILES string of the molecule is CCCCC1CN(c2cc(C(=O)O)c(O)cn2)C=C1C#N. The van der Waals surface area contributed by atoms with Crippen LogP contribution in [-0.4, -0.2) is 27.7 Å². The highest BCUT2D eigenvalue weighted by molar-refractivity contribution is 5.91. The number of carboxylic acid groups (broad SMARTS) is 1. The third kappa shape index (κ3) is 3.14. The van der Waals surface area contributed by atoms with E-state index in [1.165, 1.54) is 6.07 Å². The van der Waals surface area contributed by atoms with E-state index >= 15 is 0 Å². The highest BCUT2D eigenvalue weighted by Crippen LogP contribution is 2.30. The van der Waals surface area contributed by atoms with Crippen LogP contribution in [0, 0.1) is 17.2 Å². The fourth-order valence-corrected chi connectivity index (χ4v) is 2.40. The standard InChI is InChI=1S/C15H17N3O3/c1-2-3-4-10-8-18(9-11(10)6-16)14-5-12(15(20)21)13(19)7-17-14/h5,7,9-10,19H,2-4,8H2,1H3,(H,20,21). The molecule has 0 fully saturated rings. The molecule has 0 bridgehead atoms. The molecule has 2 heterocycles. The Hall–Kier alpha value is -2.55. The number of unbranched alkanes of at least 4 members (excludes halogenated alkanes) is 1. The summed E-state index contributed by atoms with van der Waals surface area (Å²) in [5.74, 6) is -0.990. The van der Waals surface area contributed by atoms with Gasteiger partial charge in [0, 0.05) is 18.7 Å². The second kappa shape index (κ2) is 6.27. The van der Waals surface area contributed by atoms with Gasteiger partial charge >= 0.3 is 5.97 Å². The Kier molecular flexibility index (Phi) is 4.43. The van der Waals surface area contributed by atoms with Gasteiger partial charge in [-0.3, -0.25) is 0 Å². The third-order valence-corrected chi connectivity index (χ3v) is 3.58. The first-order valence-corrected chi connectivity index (χ1v) is 6.87. The summed E-state index contributed by atoms with van der Waals surface area (Å²) in [6, 6.07) is 3.52. The zero-order valence-electron chi connectivity index (χ0n) is 11.8. The molecule has 0 saturated carbocycles. The van der Waals surface area contributed by atoms with E-state index in [0.717, 1.165) is 25.5 Å². The number of rotatable bonds is 5. The van der Waals surface area contributed by atoms with Crippen LogP contribution in [0.4, 0.5) is 5.82 Å². The van der Waals surface area contributed by atoms with Crippen LogP contribution in [0.25, 0.3) is 0 Å². The number of carboxylic acids is 1. The number of aromatic hydroxyl groups is 1. The lowest BCUT2D eigenvalue weighted by Crippen LogP contribution is -2.19. The normalized spacial score (nSPS) is 17.4. The molecule has 1 aromatic rings. The van der Waals surface area contributed by atoms with Crippen LogP contribution >= 0.6 is 0 Å². The lowest BCUT2D eigenvalue weighted by atomic mass is 9.97. The van der Waals surface area contributed by atoms with Gasteiger partial charge in [0.05, 0.1) is 17.8 Å². The zero-order valence-corrected chi connectivity index (χ0v) is 11.8. The van der Waals surface area contributed by atoms with Gasteiger partial charge in [-0.15, -0.1) is 0 Å². The quantitative estimate of drug-likeness (QED) is 0.863. The van der Waals surface area contributed by atoms with Crippen molar-refractivity contribution in [2.24, 2.45) is 5.92 Å². The van der Waals surface area contributed by atoms with Gasteiger partial charge in [0.2, 0.25) is 0 Å². The average molecular weight is 287 g/mol. The van der Waals surface area contributed by atoms with Crippen molar-refractivity contribution >= 4 is 11.8 Å². The summed E-state index contributed by atoms with van der Waals surface area (Å²) in [6.45, 7) is 2.71. The smallest absolute Gasteiger partial charge is 0.339 e. The van der Waals surface area contributed by atoms with Crippen LogP contribution in [0.1, 0.15) is 36.5 Å². The van der Waals surface area contributed by atoms with Gasteiger partial charge < -0.3 is 15.1 Å². The molecular weight excluding hydrogens is 270 g/mol. The number of nitrogens with zero attached hydrogens (tertiary/aromatic N) is 3. The monoisotopic (exact) mass is 287 g/mol. The summed E-state index contributed by atoms with van der Waals surface area (Å²) in [7, 11) is 0. The molecule has 0 spiro atoms. The molecule has 0 aromatic carbocycles. The first-order chi connectivity index (χ1) is 10.1. The van der Waals surface area contributed by atoms with Crippen LogP contribution in [0.3, 0.4) is 0 Å². The summed E-state index contributed by atoms with van der Waals surface area (Å²) < 4.78 is 0. The van der Waals surface area contributed by atoms with Crippen molar-refractivity contribution in [3.05, 3.63) is 29.6 Å². The second-order valence-electron chi connectivity index (χ2n) is 5.05. The van der Waals surface area contributed by atoms with Gasteiger partial charge in [-0.25, -0.2) is 9.78 Å². The Labute approximate surface area is 123 Å². The van der Waals surface area contributed by atoms with Gasteiger partial charge in [-0.2, -0.15) is 5.26 Å². The van der Waals surface area contributed by atoms with E-state index in [1.54, 1.807) is 11.1 Å². The van der Waals surface area contributed by atoms with E-state index in [4.69, 9.17) is 5.11 Å². The van der Waals surface area contributed by atoms with E-state index < -0.39 is 5.97 Å². The fourth-order valence-electron chi connectivity index (χ4n) is 2.40. The maximum Gasteiger partial charge on any atom is 0.339 e. The Bertz CT molecular complexity index is 619. The first-order valence-electron chi connectivity index (χ1n) is 6.87. The Balaban J connectivity index is 2.24. The Morgan fingerprint density at radius 2 is 2.38 bits per heavy atom. The molecule has 6 nitrogen and oxygen atoms in total. The molecule has 110 valence electrons. The second-order valence-corrected chi connectivity index (χ2v) is 5.05. The third-order valence-electron chi connectivity index (χ3n) is 3.58. The summed E-state index contributed by atoms with van der Waals surface area (Å²) in [4.78, 5) is 16.9. The van der Waals surface area contributed by atoms with Gasteiger partial charge in [0.1, 0.15) is 17.1 Å². The van der Waals surface area contributed by atoms with E-state index in [1.807, 2.05) is 0 Å². The number of hydrogen-bond acceptors (Lipinski definition) is 5. The van der Waals surface area contributed by atoms with Crippen molar-refractivity contribution in [3.8, 4) is 11.8 Å². The van der Waals surface area contributed by atoms with Crippen LogP contribution in [0.5, 0.6) is 5.75 Å². The van der Waals surface area contributed by atoms with Crippen LogP contribution < -0.4 is 4.90 Å². The number of hydrogen-bond donors (Lipinski definition) is 2. The maximum atomic E-state index is 11.0. The van der Waals surface area contributed by atoms with Gasteiger partial charge in [-0.1, -0.05) is 19.8 Å². The van der Waals surface area contributed by atoms with Crippen LogP contribution in [0.15, 0.2) is 24.0 Å². The minimum Gasteiger partial charge on any atom is -0.505 e. The number of anilines is 1. The molecule has 0 aliphatic carbocycles. The molecule has 1 aromatic heterocycles. The molecule has 1 aliphatic heterocycles. The van der Waals surface area contributed by atoms with Gasteiger partial charge in [0.15, 0.2) is 0 Å². The molecule has 1 atom stereocenters. The van der Waals surface area contributed by atoms with Crippen molar-refractivity contribution in [1.29, 1.82) is 5.26 Å². The molecule has 6 heteroatoms. The largest absolute Gasteiger partial charge is 0.505 e. The minimum atomic E-state index is -1.21. The highest BCUT2D eigenvalue weighted by atomic mass is 16.4. The number of aromatic carboxylic acids is 1. The molecule has 2 rings (SSSR count). The number of pyridine rings is 1. The maximum absolute atomic E-state index is 11.0. The Morgan fingerprint density at radius 3 is 3.00 bits per heavy atom. The molecule has 0 radical (unpaired) electrons. The van der Waals surface area contributed by atoms with Crippen molar-refractivity contribution in [2.75, 3.05) is 11.4 Å². The summed E-state index contributed by atoms with van der Waals surface area (Å²) in [5, 5.41) is 27.7. The summed E-state index contributed by atoms with van der Waals surface area (Å²) in [6.07, 6.45) is 5.87. The van der Waals surface area contributed by atoms with Gasteiger partial charge in [-0.05, 0) is 12.5 Å². The van der Waals surface area contributed by atoms with Crippen LogP contribution in [0.2, 0.25) is 0 Å². The first kappa shape index (κ1) is 14.9. The van der Waals surface area contributed by atoms with E-state index in [-0.39, 0.29) is 17.2 Å². The van der Waals surface area contributed by atoms with Crippen molar-refractivity contribution < 1.29 is 15.0 Å². The zero-order chi connectivity index (χ0) is 15.4. The van der Waals surface area contributed by atoms with E-state index in [2.05, 4.69) is 18.0 Å². The molecule has 1 unspecified atom stereocenters.